The molecule has 1 aliphatic heterocycles. The van der Waals surface area contributed by atoms with E-state index in [-0.39, 0.29) is 5.41 Å². The van der Waals surface area contributed by atoms with Crippen molar-refractivity contribution in [1.82, 2.24) is 4.48 Å². The van der Waals surface area contributed by atoms with E-state index in [1.54, 1.807) is 7.11 Å². The second-order valence-corrected chi connectivity index (χ2v) is 9.89. The Morgan fingerprint density at radius 3 is 2.63 bits per heavy atom. The van der Waals surface area contributed by atoms with Gasteiger partial charge >= 0.3 is 0 Å². The lowest BCUT2D eigenvalue weighted by Gasteiger charge is -2.45. The van der Waals surface area contributed by atoms with Crippen molar-refractivity contribution in [3.63, 3.8) is 0 Å². The van der Waals surface area contributed by atoms with Crippen molar-refractivity contribution in [2.45, 2.75) is 71.8 Å². The van der Waals surface area contributed by atoms with E-state index in [1.807, 2.05) is 0 Å². The lowest BCUT2D eigenvalue weighted by Crippen LogP contribution is -2.57. The standard InChI is InChI=1S/C25H40NO/c1-7-26(20(3)10-11-21-15-19(2)16-21)14-8-9-22-17-23(12-13-24(22)26)25(4,5)18-27-6/h8-9,12-13,17,19-21H,7,10-11,14-16,18H2,1-6H3/q+1. The predicted molar refractivity (Wildman–Crippen MR) is 118 cm³/mol. The minimum atomic E-state index is 0.0451. The highest BCUT2D eigenvalue weighted by atomic mass is 16.5. The van der Waals surface area contributed by atoms with Gasteiger partial charge in [0.2, 0.25) is 0 Å². The Labute approximate surface area is 167 Å². The van der Waals surface area contributed by atoms with Crippen molar-refractivity contribution in [3.05, 3.63) is 35.4 Å². The van der Waals surface area contributed by atoms with E-state index in [0.717, 1.165) is 29.5 Å². The number of fused-ring (bicyclic) bond motifs is 1. The van der Waals surface area contributed by atoms with Crippen LogP contribution in [0.2, 0.25) is 0 Å². The maximum Gasteiger partial charge on any atom is 0.140 e. The van der Waals surface area contributed by atoms with Gasteiger partial charge in [-0.05, 0) is 75.1 Å². The van der Waals surface area contributed by atoms with Crippen molar-refractivity contribution in [2.75, 3.05) is 26.8 Å². The average Bonchev–Trinajstić information content (AvgIpc) is 2.62. The maximum absolute atomic E-state index is 5.46. The molecule has 1 heterocycles. The molecule has 0 N–H and O–H groups in total. The van der Waals surface area contributed by atoms with Crippen LogP contribution in [0.3, 0.4) is 0 Å². The number of nitrogens with zero attached hydrogens (tertiary/aromatic N) is 1. The van der Waals surface area contributed by atoms with Gasteiger partial charge in [0, 0.05) is 24.2 Å². The molecule has 1 aromatic carbocycles. The zero-order valence-electron chi connectivity index (χ0n) is 18.4. The number of quaternary nitrogens is 1. The molecule has 1 aliphatic carbocycles. The minimum absolute atomic E-state index is 0.0451. The molecule has 1 saturated carbocycles. The molecule has 27 heavy (non-hydrogen) atoms. The molecule has 150 valence electrons. The van der Waals surface area contributed by atoms with Crippen LogP contribution in [-0.2, 0) is 10.2 Å². The smallest absolute Gasteiger partial charge is 0.140 e. The van der Waals surface area contributed by atoms with Crippen LogP contribution < -0.4 is 4.48 Å². The molecule has 0 radical (unpaired) electrons. The van der Waals surface area contributed by atoms with Gasteiger partial charge in [-0.2, -0.15) is 0 Å². The van der Waals surface area contributed by atoms with Crippen LogP contribution in [-0.4, -0.2) is 32.8 Å². The summed E-state index contributed by atoms with van der Waals surface area (Å²) in [6.07, 6.45) is 10.4. The largest absolute Gasteiger partial charge is 0.384 e. The zero-order valence-corrected chi connectivity index (χ0v) is 18.4. The monoisotopic (exact) mass is 370 g/mol. The van der Waals surface area contributed by atoms with Gasteiger partial charge < -0.3 is 4.74 Å². The molecular formula is C25H40NO+. The van der Waals surface area contributed by atoms with Crippen LogP contribution in [0.4, 0.5) is 5.69 Å². The Balaban J connectivity index is 1.83. The molecule has 1 fully saturated rings. The summed E-state index contributed by atoms with van der Waals surface area (Å²) in [7, 11) is 1.80. The molecule has 2 aliphatic rings. The first kappa shape index (κ1) is 20.6. The molecule has 1 aromatic rings. The number of methoxy groups -OCH3 is 1. The third-order valence-electron chi connectivity index (χ3n) is 7.39. The molecule has 0 amide bonds. The summed E-state index contributed by atoms with van der Waals surface area (Å²) >= 11 is 0. The summed E-state index contributed by atoms with van der Waals surface area (Å²) in [5.74, 6) is 1.95. The number of hydrogen-bond donors (Lipinski definition) is 0. The molecular weight excluding hydrogens is 330 g/mol. The van der Waals surface area contributed by atoms with Gasteiger partial charge in [-0.3, -0.25) is 4.48 Å². The van der Waals surface area contributed by atoms with Gasteiger partial charge in [-0.1, -0.05) is 26.8 Å². The topological polar surface area (TPSA) is 9.23 Å². The second kappa shape index (κ2) is 8.09. The van der Waals surface area contributed by atoms with E-state index in [1.165, 1.54) is 49.0 Å². The number of rotatable bonds is 8. The lowest BCUT2D eigenvalue weighted by molar-refractivity contribution is 0.146. The average molecular weight is 371 g/mol. The van der Waals surface area contributed by atoms with Gasteiger partial charge in [0.05, 0.1) is 19.2 Å². The van der Waals surface area contributed by atoms with Crippen LogP contribution in [0, 0.1) is 11.8 Å². The van der Waals surface area contributed by atoms with E-state index in [0.29, 0.717) is 6.04 Å². The van der Waals surface area contributed by atoms with Crippen LogP contribution in [0.5, 0.6) is 0 Å². The summed E-state index contributed by atoms with van der Waals surface area (Å²) in [6.45, 7) is 14.8. The number of benzene rings is 1. The molecule has 0 spiro atoms. The SMILES string of the molecule is CC[N+]1(C(C)CCC2CC(C)C2)CC=Cc2cc(C(C)(C)COC)ccc21. The quantitative estimate of drug-likeness (QED) is 0.497. The predicted octanol–water partition coefficient (Wildman–Crippen LogP) is 6.18. The molecule has 2 unspecified atom stereocenters. The normalized spacial score (nSPS) is 28.5. The van der Waals surface area contributed by atoms with Gasteiger partial charge in [0.1, 0.15) is 12.2 Å². The summed E-state index contributed by atoms with van der Waals surface area (Å²) in [6, 6.07) is 7.84. The van der Waals surface area contributed by atoms with Crippen molar-refractivity contribution in [1.29, 1.82) is 0 Å². The highest BCUT2D eigenvalue weighted by Gasteiger charge is 2.38. The molecule has 0 aromatic heterocycles. The highest BCUT2D eigenvalue weighted by Crippen LogP contribution is 2.41. The fraction of sp³-hybridized carbons (Fsp3) is 0.680. The van der Waals surface area contributed by atoms with Crippen LogP contribution in [0.1, 0.15) is 71.4 Å². The van der Waals surface area contributed by atoms with Gasteiger partial charge in [0.15, 0.2) is 0 Å². The summed E-state index contributed by atoms with van der Waals surface area (Å²) < 4.78 is 6.57. The van der Waals surface area contributed by atoms with Crippen LogP contribution in [0.15, 0.2) is 24.3 Å². The van der Waals surface area contributed by atoms with Crippen molar-refractivity contribution in [2.24, 2.45) is 11.8 Å². The third kappa shape index (κ3) is 4.03. The first-order valence-corrected chi connectivity index (χ1v) is 11.0. The molecule has 2 atom stereocenters. The third-order valence-corrected chi connectivity index (χ3v) is 7.39. The Hall–Kier alpha value is -1.12. The van der Waals surface area contributed by atoms with E-state index in [9.17, 15) is 0 Å². The summed E-state index contributed by atoms with van der Waals surface area (Å²) in [4.78, 5) is 0. The lowest BCUT2D eigenvalue weighted by atomic mass is 9.73. The summed E-state index contributed by atoms with van der Waals surface area (Å²) in [5.41, 5.74) is 4.35. The van der Waals surface area contributed by atoms with Crippen LogP contribution in [0.25, 0.3) is 6.08 Å². The molecule has 2 nitrogen and oxygen atoms in total. The van der Waals surface area contributed by atoms with E-state index in [4.69, 9.17) is 4.74 Å². The fourth-order valence-electron chi connectivity index (χ4n) is 5.48. The number of hydrogen-bond acceptors (Lipinski definition) is 1. The van der Waals surface area contributed by atoms with Gasteiger partial charge in [-0.25, -0.2) is 0 Å². The van der Waals surface area contributed by atoms with E-state index in [2.05, 4.69) is 65.0 Å². The first-order valence-electron chi connectivity index (χ1n) is 11.0. The highest BCUT2D eigenvalue weighted by molar-refractivity contribution is 5.70. The first-order chi connectivity index (χ1) is 12.8. The van der Waals surface area contributed by atoms with Crippen molar-refractivity contribution < 1.29 is 4.74 Å². The van der Waals surface area contributed by atoms with Crippen molar-refractivity contribution in [3.8, 4) is 0 Å². The minimum Gasteiger partial charge on any atom is -0.384 e. The Morgan fingerprint density at radius 2 is 2.00 bits per heavy atom. The molecule has 3 rings (SSSR count). The zero-order chi connectivity index (χ0) is 19.7. The van der Waals surface area contributed by atoms with Gasteiger partial charge in [-0.15, -0.1) is 0 Å². The van der Waals surface area contributed by atoms with Crippen molar-refractivity contribution >= 4 is 11.8 Å². The van der Waals surface area contributed by atoms with Crippen LogP contribution >= 0.6 is 0 Å². The Bertz CT molecular complexity index is 671. The molecule has 0 saturated heterocycles. The summed E-state index contributed by atoms with van der Waals surface area (Å²) in [5, 5.41) is 0. The number of ether oxygens (including phenoxy) is 1. The second-order valence-electron chi connectivity index (χ2n) is 9.89. The number of likely N-dealkylation sites (N-methyl/N-ethyl adjacent to an activating group) is 1. The fourth-order valence-corrected chi connectivity index (χ4v) is 5.48. The van der Waals surface area contributed by atoms with E-state index >= 15 is 0 Å². The molecule has 2 heteroatoms. The van der Waals surface area contributed by atoms with Gasteiger partial charge in [0.25, 0.3) is 0 Å². The Morgan fingerprint density at radius 1 is 1.26 bits per heavy atom. The Kier molecular flexibility index (Phi) is 6.17. The maximum atomic E-state index is 5.46. The van der Waals surface area contributed by atoms with E-state index < -0.39 is 0 Å². The molecule has 0 bridgehead atoms.